The molecule has 0 unspecified atom stereocenters. The van der Waals surface area contributed by atoms with Crippen LogP contribution in [0, 0.1) is 0 Å². The van der Waals surface area contributed by atoms with E-state index in [4.69, 9.17) is 0 Å². The van der Waals surface area contributed by atoms with Crippen LogP contribution in [0.3, 0.4) is 0 Å². The minimum absolute atomic E-state index is 0.723. The summed E-state index contributed by atoms with van der Waals surface area (Å²) in [6.07, 6.45) is 7.15. The number of allylic oxidation sites excluding steroid dienone is 1. The van der Waals surface area contributed by atoms with Gasteiger partial charge in [0.05, 0.1) is 0 Å². The van der Waals surface area contributed by atoms with E-state index in [1.807, 2.05) is 65.4 Å². The standard InChI is InChI=1S/C12H11NO.C9H7NO/c1-2-7-13-8-10(9-14)11-5-3-4-6-12(11)13;11-6-7-5-10-9-4-2-1-3-8(7)9/h2-6,8-9H,1,7H2;1-6,10H. The van der Waals surface area contributed by atoms with Crippen molar-refractivity contribution in [3.8, 4) is 0 Å². The van der Waals surface area contributed by atoms with Crippen molar-refractivity contribution in [3.05, 3.63) is 84.7 Å². The number of benzene rings is 2. The zero-order chi connectivity index (χ0) is 17.6. The van der Waals surface area contributed by atoms with Crippen molar-refractivity contribution in [1.82, 2.24) is 9.55 Å². The molecule has 0 radical (unpaired) electrons. The number of hydrogen-bond donors (Lipinski definition) is 1. The Morgan fingerprint density at radius 1 is 0.920 bits per heavy atom. The minimum Gasteiger partial charge on any atom is -0.360 e. The maximum Gasteiger partial charge on any atom is 0.152 e. The summed E-state index contributed by atoms with van der Waals surface area (Å²) in [7, 11) is 0. The van der Waals surface area contributed by atoms with E-state index < -0.39 is 0 Å². The lowest BCUT2D eigenvalue weighted by Gasteiger charge is -1.98. The quantitative estimate of drug-likeness (QED) is 0.438. The van der Waals surface area contributed by atoms with E-state index in [1.165, 1.54) is 0 Å². The molecule has 4 aromatic rings. The Labute approximate surface area is 145 Å². The van der Waals surface area contributed by atoms with E-state index >= 15 is 0 Å². The molecule has 1 N–H and O–H groups in total. The summed E-state index contributed by atoms with van der Waals surface area (Å²) < 4.78 is 2.02. The van der Waals surface area contributed by atoms with Crippen molar-refractivity contribution in [3.63, 3.8) is 0 Å². The lowest BCUT2D eigenvalue weighted by atomic mass is 10.2. The van der Waals surface area contributed by atoms with E-state index in [1.54, 1.807) is 6.20 Å². The van der Waals surface area contributed by atoms with Crippen molar-refractivity contribution in [2.24, 2.45) is 0 Å². The van der Waals surface area contributed by atoms with Crippen molar-refractivity contribution >= 4 is 34.4 Å². The second-order valence-electron chi connectivity index (χ2n) is 5.57. The molecule has 4 nitrogen and oxygen atoms in total. The number of carbonyl (C=O) groups is 2. The van der Waals surface area contributed by atoms with Gasteiger partial charge < -0.3 is 9.55 Å². The van der Waals surface area contributed by atoms with Crippen LogP contribution >= 0.6 is 0 Å². The summed E-state index contributed by atoms with van der Waals surface area (Å²) in [6.45, 7) is 4.42. The van der Waals surface area contributed by atoms with Crippen molar-refractivity contribution in [2.75, 3.05) is 0 Å². The van der Waals surface area contributed by atoms with Crippen molar-refractivity contribution in [1.29, 1.82) is 0 Å². The summed E-state index contributed by atoms with van der Waals surface area (Å²) in [5.74, 6) is 0. The average Bonchev–Trinajstić information content (AvgIpc) is 3.24. The summed E-state index contributed by atoms with van der Waals surface area (Å²) in [5, 5.41) is 1.99. The first-order valence-electron chi connectivity index (χ1n) is 7.93. The van der Waals surface area contributed by atoms with Crippen LogP contribution in [0.5, 0.6) is 0 Å². The zero-order valence-electron chi connectivity index (χ0n) is 13.7. The molecule has 0 spiro atoms. The number of para-hydroxylation sites is 2. The van der Waals surface area contributed by atoms with E-state index in [0.717, 1.165) is 52.0 Å². The van der Waals surface area contributed by atoms with Gasteiger partial charge in [0.1, 0.15) is 0 Å². The first-order chi connectivity index (χ1) is 12.3. The molecule has 2 heterocycles. The highest BCUT2D eigenvalue weighted by atomic mass is 16.1. The van der Waals surface area contributed by atoms with Gasteiger partial charge in [0, 0.05) is 51.9 Å². The van der Waals surface area contributed by atoms with Crippen molar-refractivity contribution in [2.45, 2.75) is 6.54 Å². The maximum absolute atomic E-state index is 10.8. The lowest BCUT2D eigenvalue weighted by molar-refractivity contribution is 0.111. The van der Waals surface area contributed by atoms with E-state index in [2.05, 4.69) is 11.6 Å². The van der Waals surface area contributed by atoms with Gasteiger partial charge in [0.25, 0.3) is 0 Å². The Kier molecular flexibility index (Phi) is 4.90. The Hall–Kier alpha value is -3.40. The van der Waals surface area contributed by atoms with Crippen LogP contribution in [0.4, 0.5) is 0 Å². The zero-order valence-corrected chi connectivity index (χ0v) is 13.7. The van der Waals surface area contributed by atoms with Gasteiger partial charge in [-0.2, -0.15) is 0 Å². The molecule has 25 heavy (non-hydrogen) atoms. The minimum atomic E-state index is 0.723. The van der Waals surface area contributed by atoms with Gasteiger partial charge in [-0.25, -0.2) is 0 Å². The highest BCUT2D eigenvalue weighted by Gasteiger charge is 2.05. The highest BCUT2D eigenvalue weighted by Crippen LogP contribution is 2.19. The largest absolute Gasteiger partial charge is 0.360 e. The molecule has 0 amide bonds. The molecule has 124 valence electrons. The van der Waals surface area contributed by atoms with Crippen LogP contribution in [0.25, 0.3) is 21.8 Å². The van der Waals surface area contributed by atoms with Crippen LogP contribution in [-0.4, -0.2) is 22.1 Å². The highest BCUT2D eigenvalue weighted by molar-refractivity contribution is 5.98. The predicted octanol–water partition coefficient (Wildman–Crippen LogP) is 4.62. The smallest absolute Gasteiger partial charge is 0.152 e. The van der Waals surface area contributed by atoms with Crippen LogP contribution in [0.2, 0.25) is 0 Å². The molecule has 0 atom stereocenters. The first kappa shape index (κ1) is 16.5. The fourth-order valence-electron chi connectivity index (χ4n) is 2.85. The summed E-state index contributed by atoms with van der Waals surface area (Å²) in [6, 6.07) is 15.6. The van der Waals surface area contributed by atoms with E-state index in [-0.39, 0.29) is 0 Å². The van der Waals surface area contributed by atoms with Crippen LogP contribution in [0.15, 0.2) is 73.6 Å². The number of carbonyl (C=O) groups excluding carboxylic acids is 2. The number of hydrogen-bond acceptors (Lipinski definition) is 2. The molecular formula is C21H18N2O2. The topological polar surface area (TPSA) is 54.9 Å². The SMILES string of the molecule is C=CCn1cc(C=O)c2ccccc21.O=Cc1c[nH]c2ccccc12. The Balaban J connectivity index is 0.000000150. The lowest BCUT2D eigenvalue weighted by Crippen LogP contribution is -1.91. The number of fused-ring (bicyclic) bond motifs is 2. The van der Waals surface area contributed by atoms with Gasteiger partial charge >= 0.3 is 0 Å². The molecule has 0 aliphatic heterocycles. The Morgan fingerprint density at radius 3 is 2.32 bits per heavy atom. The molecular weight excluding hydrogens is 312 g/mol. The molecule has 0 aliphatic carbocycles. The van der Waals surface area contributed by atoms with Gasteiger partial charge in [-0.1, -0.05) is 42.5 Å². The number of rotatable bonds is 4. The molecule has 0 bridgehead atoms. The third-order valence-electron chi connectivity index (χ3n) is 4.02. The molecule has 0 fully saturated rings. The second-order valence-corrected chi connectivity index (χ2v) is 5.57. The number of nitrogens with zero attached hydrogens (tertiary/aromatic N) is 1. The van der Waals surface area contributed by atoms with Crippen molar-refractivity contribution < 1.29 is 9.59 Å². The van der Waals surface area contributed by atoms with Gasteiger partial charge in [-0.3, -0.25) is 9.59 Å². The van der Waals surface area contributed by atoms with Crippen LogP contribution in [-0.2, 0) is 6.54 Å². The third-order valence-corrected chi connectivity index (χ3v) is 4.02. The predicted molar refractivity (Wildman–Crippen MR) is 101 cm³/mol. The molecule has 0 saturated heterocycles. The van der Waals surface area contributed by atoms with Gasteiger partial charge in [0.2, 0.25) is 0 Å². The summed E-state index contributed by atoms with van der Waals surface area (Å²) >= 11 is 0. The third kappa shape index (κ3) is 3.28. The first-order valence-corrected chi connectivity index (χ1v) is 7.93. The number of aromatic amines is 1. The normalized spacial score (nSPS) is 10.2. The van der Waals surface area contributed by atoms with Crippen LogP contribution in [0.1, 0.15) is 20.7 Å². The Morgan fingerprint density at radius 2 is 1.60 bits per heavy atom. The van der Waals surface area contributed by atoms with Gasteiger partial charge in [0.15, 0.2) is 12.6 Å². The number of aldehydes is 2. The second kappa shape index (κ2) is 7.45. The summed E-state index contributed by atoms with van der Waals surface area (Å²) in [4.78, 5) is 24.3. The molecule has 2 aromatic carbocycles. The monoisotopic (exact) mass is 330 g/mol. The van der Waals surface area contributed by atoms with Gasteiger partial charge in [-0.05, 0) is 12.1 Å². The van der Waals surface area contributed by atoms with E-state index in [0.29, 0.717) is 0 Å². The fraction of sp³-hybridized carbons (Fsp3) is 0.0476. The number of aromatic nitrogens is 2. The number of nitrogens with one attached hydrogen (secondary N) is 1. The fourth-order valence-corrected chi connectivity index (χ4v) is 2.85. The Bertz CT molecular complexity index is 1040. The molecule has 4 rings (SSSR count). The molecule has 4 heteroatoms. The van der Waals surface area contributed by atoms with Crippen LogP contribution < -0.4 is 0 Å². The average molecular weight is 330 g/mol. The maximum atomic E-state index is 10.8. The number of H-pyrrole nitrogens is 1. The molecule has 0 aliphatic rings. The van der Waals surface area contributed by atoms with Gasteiger partial charge in [-0.15, -0.1) is 6.58 Å². The molecule has 0 saturated carbocycles. The summed E-state index contributed by atoms with van der Waals surface area (Å²) in [5.41, 5.74) is 3.55. The van der Waals surface area contributed by atoms with E-state index in [9.17, 15) is 9.59 Å². The molecule has 2 aromatic heterocycles.